The highest BCUT2D eigenvalue weighted by Crippen LogP contribution is 2.08. The van der Waals surface area contributed by atoms with Gasteiger partial charge in [-0.25, -0.2) is 4.98 Å². The first-order chi connectivity index (χ1) is 7.79. The summed E-state index contributed by atoms with van der Waals surface area (Å²) in [6.45, 7) is 2.06. The van der Waals surface area contributed by atoms with Crippen molar-refractivity contribution >= 4 is 11.6 Å². The van der Waals surface area contributed by atoms with Crippen LogP contribution in [-0.2, 0) is 6.42 Å². The largest absolute Gasteiger partial charge is 0.262 e. The third-order valence-electron chi connectivity index (χ3n) is 2.20. The van der Waals surface area contributed by atoms with Crippen molar-refractivity contribution in [2.75, 3.05) is 0 Å². The van der Waals surface area contributed by atoms with Gasteiger partial charge < -0.3 is 0 Å². The molecule has 2 nitrogen and oxygen atoms in total. The fraction of sp³-hybridized carbons (Fsp3) is 0.154. The topological polar surface area (TPSA) is 17.8 Å². The number of aryl methyl sites for hydroxylation is 1. The highest BCUT2D eigenvalue weighted by Gasteiger charge is 1.95. The highest BCUT2D eigenvalue weighted by atomic mass is 35.5. The molecule has 0 aliphatic heterocycles. The van der Waals surface area contributed by atoms with Crippen molar-refractivity contribution in [3.05, 3.63) is 53.1 Å². The summed E-state index contributed by atoms with van der Waals surface area (Å²) in [4.78, 5) is 4.20. The summed E-state index contributed by atoms with van der Waals surface area (Å²) in [6.07, 6.45) is 4.50. The second-order valence-corrected chi connectivity index (χ2v) is 3.75. The molecule has 0 amide bonds. The molecule has 0 fully saturated rings. The van der Waals surface area contributed by atoms with Crippen LogP contribution in [0.25, 0.3) is 0 Å². The maximum absolute atomic E-state index is 5.80. The van der Waals surface area contributed by atoms with Gasteiger partial charge in [0.15, 0.2) is 0 Å². The Morgan fingerprint density at radius 3 is 2.75 bits per heavy atom. The Morgan fingerprint density at radius 2 is 2.06 bits per heavy atom. The van der Waals surface area contributed by atoms with Gasteiger partial charge in [0.25, 0.3) is 0 Å². The molecule has 1 aromatic carbocycles. The second-order valence-electron chi connectivity index (χ2n) is 3.31. The van der Waals surface area contributed by atoms with Gasteiger partial charge >= 0.3 is 0 Å². The van der Waals surface area contributed by atoms with E-state index in [0.717, 1.165) is 22.8 Å². The number of hydrogen-bond donors (Lipinski definition) is 0. The third-order valence-corrected chi connectivity index (χ3v) is 2.45. The maximum Gasteiger partial charge on any atom is 0.120 e. The van der Waals surface area contributed by atoms with E-state index in [-0.39, 0.29) is 0 Å². The number of benzene rings is 1. The van der Waals surface area contributed by atoms with Crippen molar-refractivity contribution in [1.82, 2.24) is 9.55 Å². The smallest absolute Gasteiger partial charge is 0.120 e. The molecule has 2 aromatic rings. The molecule has 16 heavy (non-hydrogen) atoms. The quantitative estimate of drug-likeness (QED) is 0.689. The van der Waals surface area contributed by atoms with Gasteiger partial charge in [-0.15, -0.1) is 0 Å². The van der Waals surface area contributed by atoms with Crippen LogP contribution in [0.5, 0.6) is 0 Å². The summed E-state index contributed by atoms with van der Waals surface area (Å²) >= 11 is 5.80. The van der Waals surface area contributed by atoms with Crippen LogP contribution in [0.4, 0.5) is 0 Å². The zero-order chi connectivity index (χ0) is 11.4. The molecular weight excluding hydrogens is 220 g/mol. The first kappa shape index (κ1) is 10.8. The lowest BCUT2D eigenvalue weighted by atomic mass is 10.2. The molecule has 0 bridgehead atoms. The van der Waals surface area contributed by atoms with Gasteiger partial charge in [0.2, 0.25) is 0 Å². The van der Waals surface area contributed by atoms with Gasteiger partial charge in [0.05, 0.1) is 0 Å². The molecule has 0 N–H and O–H groups in total. The monoisotopic (exact) mass is 230 g/mol. The molecule has 0 saturated carbocycles. The van der Waals surface area contributed by atoms with Gasteiger partial charge in [0, 0.05) is 35.4 Å². The molecule has 0 atom stereocenters. The maximum atomic E-state index is 5.80. The van der Waals surface area contributed by atoms with Crippen molar-refractivity contribution < 1.29 is 0 Å². The van der Waals surface area contributed by atoms with Gasteiger partial charge in [0.1, 0.15) is 5.82 Å². The zero-order valence-electron chi connectivity index (χ0n) is 8.94. The number of hydrogen-bond acceptors (Lipinski definition) is 1. The summed E-state index contributed by atoms with van der Waals surface area (Å²) in [5, 5.41) is 0.724. The molecule has 0 spiro atoms. The molecular formula is C13H11ClN2. The van der Waals surface area contributed by atoms with Gasteiger partial charge in [-0.3, -0.25) is 4.57 Å². The third kappa shape index (κ3) is 2.44. The van der Waals surface area contributed by atoms with E-state index in [9.17, 15) is 0 Å². The SMILES string of the molecule is CCc1nccn1C#Cc1ccc(Cl)cc1. The Kier molecular flexibility index (Phi) is 3.28. The Morgan fingerprint density at radius 1 is 1.31 bits per heavy atom. The van der Waals surface area contributed by atoms with E-state index in [4.69, 9.17) is 11.6 Å². The highest BCUT2D eigenvalue weighted by molar-refractivity contribution is 6.30. The van der Waals surface area contributed by atoms with Crippen LogP contribution in [-0.4, -0.2) is 9.55 Å². The predicted octanol–water partition coefficient (Wildman–Crippen LogP) is 2.96. The minimum atomic E-state index is 0.724. The normalized spacial score (nSPS) is 9.62. The Balaban J connectivity index is 2.25. The van der Waals surface area contributed by atoms with E-state index in [0.29, 0.717) is 0 Å². The zero-order valence-corrected chi connectivity index (χ0v) is 9.70. The van der Waals surface area contributed by atoms with Crippen LogP contribution in [0.3, 0.4) is 0 Å². The first-order valence-corrected chi connectivity index (χ1v) is 5.47. The second kappa shape index (κ2) is 4.87. The lowest BCUT2D eigenvalue weighted by Crippen LogP contribution is -1.94. The molecule has 1 heterocycles. The van der Waals surface area contributed by atoms with Crippen LogP contribution in [0.15, 0.2) is 36.7 Å². The van der Waals surface area contributed by atoms with Crippen molar-refractivity contribution in [2.24, 2.45) is 0 Å². The number of rotatable bonds is 1. The molecule has 2 rings (SSSR count). The van der Waals surface area contributed by atoms with Gasteiger partial charge in [-0.2, -0.15) is 0 Å². The summed E-state index contributed by atoms with van der Waals surface area (Å²) in [6, 6.07) is 10.5. The molecule has 80 valence electrons. The summed E-state index contributed by atoms with van der Waals surface area (Å²) in [5.74, 6) is 4.04. The van der Waals surface area contributed by atoms with Crippen LogP contribution in [0.1, 0.15) is 18.3 Å². The summed E-state index contributed by atoms with van der Waals surface area (Å²) in [5.41, 5.74) is 0.945. The molecule has 0 aliphatic carbocycles. The Hall–Kier alpha value is -1.72. The fourth-order valence-electron chi connectivity index (χ4n) is 1.36. The molecule has 3 heteroatoms. The fourth-order valence-corrected chi connectivity index (χ4v) is 1.48. The molecule has 0 unspecified atom stereocenters. The van der Waals surface area contributed by atoms with Crippen molar-refractivity contribution in [2.45, 2.75) is 13.3 Å². The van der Waals surface area contributed by atoms with Crippen molar-refractivity contribution in [3.8, 4) is 12.0 Å². The van der Waals surface area contributed by atoms with Gasteiger partial charge in [-0.1, -0.05) is 18.5 Å². The number of imidazole rings is 1. The summed E-state index contributed by atoms with van der Waals surface area (Å²) < 4.78 is 1.84. The molecule has 0 aliphatic rings. The van der Waals surface area contributed by atoms with Crippen LogP contribution in [0.2, 0.25) is 5.02 Å². The lowest BCUT2D eigenvalue weighted by molar-refractivity contribution is 0.913. The van der Waals surface area contributed by atoms with E-state index in [2.05, 4.69) is 23.9 Å². The van der Waals surface area contributed by atoms with E-state index in [1.165, 1.54) is 0 Å². The van der Waals surface area contributed by atoms with E-state index in [1.54, 1.807) is 6.20 Å². The molecule has 1 aromatic heterocycles. The molecule has 0 radical (unpaired) electrons. The standard InChI is InChI=1S/C13H11ClN2/c1-2-13-15-8-10-16(13)9-7-11-3-5-12(14)6-4-11/h3-6,8,10H,2H2,1H3. The average Bonchev–Trinajstić information content (AvgIpc) is 2.76. The first-order valence-electron chi connectivity index (χ1n) is 5.09. The van der Waals surface area contributed by atoms with E-state index < -0.39 is 0 Å². The van der Waals surface area contributed by atoms with Crippen LogP contribution in [0, 0.1) is 12.0 Å². The van der Waals surface area contributed by atoms with E-state index in [1.807, 2.05) is 35.0 Å². The average molecular weight is 231 g/mol. The van der Waals surface area contributed by atoms with E-state index >= 15 is 0 Å². The number of halogens is 1. The molecule has 0 saturated heterocycles. The number of aromatic nitrogens is 2. The van der Waals surface area contributed by atoms with Crippen molar-refractivity contribution in [1.29, 1.82) is 0 Å². The van der Waals surface area contributed by atoms with Crippen LogP contribution >= 0.6 is 11.6 Å². The summed E-state index contributed by atoms with van der Waals surface area (Å²) in [7, 11) is 0. The Bertz CT molecular complexity index is 529. The van der Waals surface area contributed by atoms with Crippen LogP contribution < -0.4 is 0 Å². The minimum absolute atomic E-state index is 0.724. The number of nitrogens with zero attached hydrogens (tertiary/aromatic N) is 2. The van der Waals surface area contributed by atoms with Crippen molar-refractivity contribution in [3.63, 3.8) is 0 Å². The minimum Gasteiger partial charge on any atom is -0.262 e. The Labute approximate surface area is 99.9 Å². The lowest BCUT2D eigenvalue weighted by Gasteiger charge is -1.94. The predicted molar refractivity (Wildman–Crippen MR) is 65.3 cm³/mol. The van der Waals surface area contributed by atoms with Gasteiger partial charge in [-0.05, 0) is 30.2 Å².